The van der Waals surface area contributed by atoms with E-state index in [1.165, 1.54) is 0 Å². The molecule has 0 saturated carbocycles. The Morgan fingerprint density at radius 1 is 1.09 bits per heavy atom. The van der Waals surface area contributed by atoms with Crippen LogP contribution in [0, 0.1) is 18.8 Å². The first-order valence-electron chi connectivity index (χ1n) is 11.0. The molecule has 0 aliphatic carbocycles. The van der Waals surface area contributed by atoms with E-state index in [1.807, 2.05) is 31.2 Å². The Bertz CT molecular complexity index is 1010. The molecule has 3 atom stereocenters. The maximum absolute atomic E-state index is 12.9. The van der Waals surface area contributed by atoms with E-state index in [9.17, 15) is 13.2 Å². The van der Waals surface area contributed by atoms with Crippen molar-refractivity contribution in [2.45, 2.75) is 44.0 Å². The molecule has 0 bridgehead atoms. The molecule has 2 aromatic rings. The van der Waals surface area contributed by atoms with E-state index in [4.69, 9.17) is 11.6 Å². The molecule has 0 spiro atoms. The van der Waals surface area contributed by atoms with Crippen molar-refractivity contribution in [3.05, 3.63) is 64.7 Å². The van der Waals surface area contributed by atoms with Gasteiger partial charge in [-0.05, 0) is 49.1 Å². The topological polar surface area (TPSA) is 87.3 Å². The zero-order chi connectivity index (χ0) is 23.3. The average molecular weight is 478 g/mol. The van der Waals surface area contributed by atoms with Crippen LogP contribution in [0.25, 0.3) is 0 Å². The predicted octanol–water partition coefficient (Wildman–Crippen LogP) is 3.46. The van der Waals surface area contributed by atoms with Crippen LogP contribution >= 0.6 is 11.6 Å². The molecule has 1 aliphatic rings. The summed E-state index contributed by atoms with van der Waals surface area (Å²) in [6.45, 7) is 7.71. The summed E-state index contributed by atoms with van der Waals surface area (Å²) in [4.78, 5) is 13.1. The van der Waals surface area contributed by atoms with Crippen molar-refractivity contribution in [1.82, 2.24) is 15.4 Å². The maximum Gasteiger partial charge on any atom is 0.240 e. The predicted molar refractivity (Wildman–Crippen MR) is 128 cm³/mol. The van der Waals surface area contributed by atoms with E-state index in [0.717, 1.165) is 11.1 Å². The molecule has 1 amide bonds. The highest BCUT2D eigenvalue weighted by Crippen LogP contribution is 2.25. The van der Waals surface area contributed by atoms with Crippen molar-refractivity contribution in [2.75, 3.05) is 19.6 Å². The van der Waals surface area contributed by atoms with Gasteiger partial charge in [0.2, 0.25) is 15.9 Å². The highest BCUT2D eigenvalue weighted by atomic mass is 35.5. The van der Waals surface area contributed by atoms with Gasteiger partial charge >= 0.3 is 0 Å². The van der Waals surface area contributed by atoms with Crippen LogP contribution < -0.4 is 15.4 Å². The summed E-state index contributed by atoms with van der Waals surface area (Å²) in [6.07, 6.45) is 0.456. The second-order valence-corrected chi connectivity index (χ2v) is 11.0. The molecule has 8 heteroatoms. The van der Waals surface area contributed by atoms with Crippen LogP contribution in [0.4, 0.5) is 0 Å². The second-order valence-electron chi connectivity index (χ2n) is 8.87. The SMILES string of the molecule is Cc1ccc(S(=O)(=O)N[C@@H]2CNC[C@@H](C(=O)NCC(c3ccc(Cl)cc3)C(C)C)C2)cc1. The molecule has 3 rings (SSSR count). The van der Waals surface area contributed by atoms with E-state index in [0.29, 0.717) is 37.0 Å². The summed E-state index contributed by atoms with van der Waals surface area (Å²) in [7, 11) is -3.63. The summed E-state index contributed by atoms with van der Waals surface area (Å²) in [5, 5.41) is 6.96. The van der Waals surface area contributed by atoms with Crippen molar-refractivity contribution in [1.29, 1.82) is 0 Å². The molecule has 1 unspecified atom stereocenters. The van der Waals surface area contributed by atoms with E-state index in [-0.39, 0.29) is 28.7 Å². The minimum atomic E-state index is -3.63. The first-order valence-corrected chi connectivity index (χ1v) is 12.8. The number of nitrogens with one attached hydrogen (secondary N) is 3. The van der Waals surface area contributed by atoms with E-state index in [2.05, 4.69) is 29.2 Å². The number of rotatable bonds is 8. The fourth-order valence-electron chi connectivity index (χ4n) is 4.04. The molecule has 0 aromatic heterocycles. The Labute approximate surface area is 196 Å². The third-order valence-electron chi connectivity index (χ3n) is 5.97. The van der Waals surface area contributed by atoms with Crippen LogP contribution in [0.3, 0.4) is 0 Å². The molecule has 3 N–H and O–H groups in total. The number of halogens is 1. The summed E-state index contributed by atoms with van der Waals surface area (Å²) in [5.41, 5.74) is 2.13. The van der Waals surface area contributed by atoms with Crippen LogP contribution in [-0.4, -0.2) is 40.0 Å². The number of carbonyl (C=O) groups excluding carboxylic acids is 1. The van der Waals surface area contributed by atoms with Gasteiger partial charge in [-0.2, -0.15) is 0 Å². The highest BCUT2D eigenvalue weighted by Gasteiger charge is 2.30. The normalized spacial score (nSPS) is 20.2. The first-order chi connectivity index (χ1) is 15.2. The average Bonchev–Trinajstić information content (AvgIpc) is 2.75. The van der Waals surface area contributed by atoms with Gasteiger partial charge in [-0.1, -0.05) is 55.3 Å². The molecule has 174 valence electrons. The second kappa shape index (κ2) is 10.8. The molecule has 32 heavy (non-hydrogen) atoms. The van der Waals surface area contributed by atoms with Gasteiger partial charge in [-0.3, -0.25) is 4.79 Å². The first kappa shape index (κ1) is 24.7. The fraction of sp³-hybridized carbons (Fsp3) is 0.458. The van der Waals surface area contributed by atoms with Crippen LogP contribution in [-0.2, 0) is 14.8 Å². The van der Waals surface area contributed by atoms with Crippen LogP contribution in [0.5, 0.6) is 0 Å². The lowest BCUT2D eigenvalue weighted by Gasteiger charge is -2.30. The van der Waals surface area contributed by atoms with Gasteiger partial charge in [0.05, 0.1) is 10.8 Å². The fourth-order valence-corrected chi connectivity index (χ4v) is 5.41. The largest absolute Gasteiger partial charge is 0.355 e. The number of amides is 1. The Morgan fingerprint density at radius 3 is 2.38 bits per heavy atom. The van der Waals surface area contributed by atoms with Crippen molar-refractivity contribution >= 4 is 27.5 Å². The highest BCUT2D eigenvalue weighted by molar-refractivity contribution is 7.89. The van der Waals surface area contributed by atoms with Crippen LogP contribution in [0.1, 0.15) is 37.3 Å². The maximum atomic E-state index is 12.9. The van der Waals surface area contributed by atoms with Crippen molar-refractivity contribution in [3.63, 3.8) is 0 Å². The number of benzene rings is 2. The lowest BCUT2D eigenvalue weighted by Crippen LogP contribution is -2.52. The van der Waals surface area contributed by atoms with Crippen LogP contribution in [0.15, 0.2) is 53.4 Å². The quantitative estimate of drug-likeness (QED) is 0.543. The third kappa shape index (κ3) is 6.54. The molecule has 2 aromatic carbocycles. The summed E-state index contributed by atoms with van der Waals surface area (Å²) >= 11 is 6.00. The number of sulfonamides is 1. The lowest BCUT2D eigenvalue weighted by molar-refractivity contribution is -0.125. The van der Waals surface area contributed by atoms with Crippen molar-refractivity contribution in [2.24, 2.45) is 11.8 Å². The smallest absolute Gasteiger partial charge is 0.240 e. The van der Waals surface area contributed by atoms with Gasteiger partial charge in [-0.25, -0.2) is 13.1 Å². The molecular formula is C24H32ClN3O3S. The summed E-state index contributed by atoms with van der Waals surface area (Å²) in [6, 6.07) is 14.1. The molecule has 1 fully saturated rings. The Kier molecular flexibility index (Phi) is 8.33. The number of hydrogen-bond donors (Lipinski definition) is 3. The molecular weight excluding hydrogens is 446 g/mol. The number of piperidine rings is 1. The van der Waals surface area contributed by atoms with E-state index in [1.54, 1.807) is 24.3 Å². The Hall–Kier alpha value is -1.93. The Morgan fingerprint density at radius 2 is 1.75 bits per heavy atom. The Balaban J connectivity index is 1.58. The third-order valence-corrected chi connectivity index (χ3v) is 7.76. The summed E-state index contributed by atoms with van der Waals surface area (Å²) < 4.78 is 28.2. The van der Waals surface area contributed by atoms with Gasteiger partial charge in [0.1, 0.15) is 0 Å². The zero-order valence-corrected chi connectivity index (χ0v) is 20.3. The van der Waals surface area contributed by atoms with Crippen molar-refractivity contribution in [3.8, 4) is 0 Å². The van der Waals surface area contributed by atoms with E-state index < -0.39 is 10.0 Å². The molecule has 1 heterocycles. The molecule has 6 nitrogen and oxygen atoms in total. The summed E-state index contributed by atoms with van der Waals surface area (Å²) in [5.74, 6) is 0.155. The number of aryl methyl sites for hydroxylation is 1. The van der Waals surface area contributed by atoms with Crippen molar-refractivity contribution < 1.29 is 13.2 Å². The minimum absolute atomic E-state index is 0.0589. The minimum Gasteiger partial charge on any atom is -0.355 e. The van der Waals surface area contributed by atoms with E-state index >= 15 is 0 Å². The standard InChI is InChI=1S/C24H32ClN3O3S/c1-16(2)23(18-6-8-20(25)9-7-18)15-27-24(29)19-12-21(14-26-13-19)28-32(30,31)22-10-4-17(3)5-11-22/h4-11,16,19,21,23,26,28H,12-15H2,1-3H3,(H,27,29)/t19-,21-,23?/m0/s1. The van der Waals surface area contributed by atoms with Crippen LogP contribution in [0.2, 0.25) is 5.02 Å². The number of carbonyl (C=O) groups is 1. The van der Waals surface area contributed by atoms with Gasteiger partial charge in [0.15, 0.2) is 0 Å². The van der Waals surface area contributed by atoms with Gasteiger partial charge in [0.25, 0.3) is 0 Å². The lowest BCUT2D eigenvalue weighted by atomic mass is 9.88. The zero-order valence-electron chi connectivity index (χ0n) is 18.8. The van der Waals surface area contributed by atoms with Gasteiger partial charge < -0.3 is 10.6 Å². The monoisotopic (exact) mass is 477 g/mol. The molecule has 0 radical (unpaired) electrons. The molecule has 1 aliphatic heterocycles. The number of hydrogen-bond acceptors (Lipinski definition) is 4. The van der Waals surface area contributed by atoms with Gasteiger partial charge in [-0.15, -0.1) is 0 Å². The van der Waals surface area contributed by atoms with Gasteiger partial charge in [0, 0.05) is 36.6 Å². The molecule has 1 saturated heterocycles.